The maximum absolute atomic E-state index is 12.9. The summed E-state index contributed by atoms with van der Waals surface area (Å²) in [4.78, 5) is 37.6. The molecule has 7 nitrogen and oxygen atoms in total. The number of hydrogen-bond donors (Lipinski definition) is 2. The minimum absolute atomic E-state index is 0.00898. The summed E-state index contributed by atoms with van der Waals surface area (Å²) in [5.74, 6) is -0.768. The molecule has 178 valence electrons. The van der Waals surface area contributed by atoms with Crippen LogP contribution in [0.3, 0.4) is 0 Å². The van der Waals surface area contributed by atoms with Crippen LogP contribution in [0.25, 0.3) is 0 Å². The molecule has 1 aromatic carbocycles. The van der Waals surface area contributed by atoms with Crippen molar-refractivity contribution in [2.45, 2.75) is 91.0 Å². The van der Waals surface area contributed by atoms with Crippen molar-refractivity contribution in [3.8, 4) is 0 Å². The molecule has 0 aromatic heterocycles. The fourth-order valence-electron chi connectivity index (χ4n) is 4.16. The van der Waals surface area contributed by atoms with Gasteiger partial charge in [0.2, 0.25) is 5.91 Å². The van der Waals surface area contributed by atoms with E-state index in [2.05, 4.69) is 10.6 Å². The summed E-state index contributed by atoms with van der Waals surface area (Å²) in [5, 5.41) is 5.64. The Hall–Kier alpha value is -2.57. The van der Waals surface area contributed by atoms with Crippen LogP contribution in [0.2, 0.25) is 0 Å². The lowest BCUT2D eigenvalue weighted by Crippen LogP contribution is -2.53. The van der Waals surface area contributed by atoms with E-state index in [0.717, 1.165) is 31.2 Å². The number of rotatable bonds is 8. The lowest BCUT2D eigenvalue weighted by molar-refractivity contribution is -0.153. The van der Waals surface area contributed by atoms with Crippen LogP contribution in [0.15, 0.2) is 30.3 Å². The molecule has 2 unspecified atom stereocenters. The second kappa shape index (κ2) is 11.9. The first-order valence-electron chi connectivity index (χ1n) is 11.6. The van der Waals surface area contributed by atoms with Gasteiger partial charge in [0.15, 0.2) is 0 Å². The van der Waals surface area contributed by atoms with Gasteiger partial charge in [0.05, 0.1) is 5.92 Å². The fraction of sp³-hybridized carbons (Fsp3) is 0.640. The number of nitrogens with one attached hydrogen (secondary N) is 2. The predicted molar refractivity (Wildman–Crippen MR) is 123 cm³/mol. The maximum atomic E-state index is 12.9. The first-order valence-corrected chi connectivity index (χ1v) is 11.6. The minimum Gasteiger partial charge on any atom is -0.461 e. The second-order valence-electron chi connectivity index (χ2n) is 9.54. The van der Waals surface area contributed by atoms with Gasteiger partial charge in [-0.2, -0.15) is 0 Å². The third kappa shape index (κ3) is 8.17. The van der Waals surface area contributed by atoms with Crippen molar-refractivity contribution in [3.05, 3.63) is 35.9 Å². The number of esters is 1. The van der Waals surface area contributed by atoms with Gasteiger partial charge in [-0.3, -0.25) is 9.59 Å². The van der Waals surface area contributed by atoms with Gasteiger partial charge in [-0.15, -0.1) is 0 Å². The van der Waals surface area contributed by atoms with Crippen molar-refractivity contribution in [3.63, 3.8) is 0 Å². The summed E-state index contributed by atoms with van der Waals surface area (Å²) in [6.07, 6.45) is 3.69. The number of carbonyl (C=O) groups is 3. The normalized spacial score (nSPS) is 20.5. The van der Waals surface area contributed by atoms with Gasteiger partial charge in [-0.1, -0.05) is 50.1 Å². The molecule has 0 radical (unpaired) electrons. The maximum Gasteiger partial charge on any atom is 0.408 e. The van der Waals surface area contributed by atoms with Crippen LogP contribution in [-0.2, 0) is 25.7 Å². The van der Waals surface area contributed by atoms with E-state index in [1.54, 1.807) is 27.7 Å². The first-order chi connectivity index (χ1) is 15.1. The van der Waals surface area contributed by atoms with Crippen molar-refractivity contribution < 1.29 is 23.9 Å². The van der Waals surface area contributed by atoms with Crippen molar-refractivity contribution in [1.29, 1.82) is 0 Å². The Morgan fingerprint density at radius 1 is 1.09 bits per heavy atom. The van der Waals surface area contributed by atoms with Crippen LogP contribution in [0.4, 0.5) is 4.79 Å². The quantitative estimate of drug-likeness (QED) is 0.579. The molecular formula is C25H38N2O5. The fourth-order valence-corrected chi connectivity index (χ4v) is 4.16. The van der Waals surface area contributed by atoms with E-state index < -0.39 is 17.7 Å². The molecule has 1 saturated carbocycles. The standard InChI is InChI=1S/C25H38N2O5/c1-6-19(23(29)31-16-18-12-8-7-9-13-18)20-14-10-11-15-21(20)27-22(28)17(2)26-24(30)32-25(3,4)5/h7-9,12-13,17,19-21H,6,10-11,14-16H2,1-5H3,(H,26,30)(H,27,28)/t17-,19-,20?,21?/m1/s1. The summed E-state index contributed by atoms with van der Waals surface area (Å²) >= 11 is 0. The Labute approximate surface area is 191 Å². The van der Waals surface area contributed by atoms with E-state index >= 15 is 0 Å². The lowest BCUT2D eigenvalue weighted by atomic mass is 9.75. The van der Waals surface area contributed by atoms with E-state index in [1.165, 1.54) is 0 Å². The first kappa shape index (κ1) is 25.7. The highest BCUT2D eigenvalue weighted by molar-refractivity contribution is 5.85. The number of benzene rings is 1. The van der Waals surface area contributed by atoms with E-state index in [-0.39, 0.29) is 36.4 Å². The lowest BCUT2D eigenvalue weighted by Gasteiger charge is -2.36. The van der Waals surface area contributed by atoms with Gasteiger partial charge >= 0.3 is 12.1 Å². The molecule has 7 heteroatoms. The highest BCUT2D eigenvalue weighted by Gasteiger charge is 2.37. The monoisotopic (exact) mass is 446 g/mol. The molecule has 4 atom stereocenters. The molecule has 0 heterocycles. The molecule has 0 aliphatic heterocycles. The average molecular weight is 447 g/mol. The minimum atomic E-state index is -0.738. The van der Waals surface area contributed by atoms with Crippen LogP contribution in [0.5, 0.6) is 0 Å². The summed E-state index contributed by atoms with van der Waals surface area (Å²) in [7, 11) is 0. The topological polar surface area (TPSA) is 93.7 Å². The Morgan fingerprint density at radius 2 is 1.75 bits per heavy atom. The molecule has 0 saturated heterocycles. The van der Waals surface area contributed by atoms with E-state index in [4.69, 9.17) is 9.47 Å². The van der Waals surface area contributed by atoms with Gasteiger partial charge in [0, 0.05) is 6.04 Å². The molecule has 2 rings (SSSR count). The third-order valence-electron chi connectivity index (χ3n) is 5.76. The second-order valence-corrected chi connectivity index (χ2v) is 9.54. The van der Waals surface area contributed by atoms with E-state index in [9.17, 15) is 14.4 Å². The Balaban J connectivity index is 1.96. The van der Waals surface area contributed by atoms with Crippen LogP contribution in [0, 0.1) is 11.8 Å². The molecule has 1 aliphatic carbocycles. The van der Waals surface area contributed by atoms with E-state index in [0.29, 0.717) is 6.42 Å². The molecule has 1 aliphatic rings. The molecule has 2 N–H and O–H groups in total. The number of hydrogen-bond acceptors (Lipinski definition) is 5. The number of amides is 2. The highest BCUT2D eigenvalue weighted by atomic mass is 16.6. The van der Waals surface area contributed by atoms with Crippen molar-refractivity contribution in [2.75, 3.05) is 0 Å². The Kier molecular flexibility index (Phi) is 9.54. The van der Waals surface area contributed by atoms with Crippen molar-refractivity contribution >= 4 is 18.0 Å². The van der Waals surface area contributed by atoms with Gasteiger partial charge in [-0.25, -0.2) is 4.79 Å². The Bertz CT molecular complexity index is 759. The van der Waals surface area contributed by atoms with Crippen molar-refractivity contribution in [1.82, 2.24) is 10.6 Å². The third-order valence-corrected chi connectivity index (χ3v) is 5.76. The summed E-state index contributed by atoms with van der Waals surface area (Å²) in [6, 6.07) is 8.74. The van der Waals surface area contributed by atoms with Crippen LogP contribution in [0.1, 0.15) is 72.3 Å². The molecule has 0 bridgehead atoms. The van der Waals surface area contributed by atoms with E-state index in [1.807, 2.05) is 37.3 Å². The molecule has 0 spiro atoms. The number of alkyl carbamates (subject to hydrolysis) is 1. The number of carbonyl (C=O) groups excluding carboxylic acids is 3. The van der Waals surface area contributed by atoms with Crippen LogP contribution >= 0.6 is 0 Å². The van der Waals surface area contributed by atoms with Crippen LogP contribution in [-0.4, -0.2) is 35.7 Å². The van der Waals surface area contributed by atoms with Crippen molar-refractivity contribution in [2.24, 2.45) is 11.8 Å². The average Bonchev–Trinajstić information content (AvgIpc) is 2.73. The predicted octanol–water partition coefficient (Wildman–Crippen LogP) is 4.34. The molecule has 32 heavy (non-hydrogen) atoms. The molecule has 2 amide bonds. The summed E-state index contributed by atoms with van der Waals surface area (Å²) in [6.45, 7) is 9.16. The zero-order valence-corrected chi connectivity index (χ0v) is 20.0. The smallest absolute Gasteiger partial charge is 0.408 e. The molecule has 1 aromatic rings. The largest absolute Gasteiger partial charge is 0.461 e. The zero-order chi connectivity index (χ0) is 23.7. The summed E-state index contributed by atoms with van der Waals surface area (Å²) in [5.41, 5.74) is 0.315. The van der Waals surface area contributed by atoms with Gasteiger partial charge in [0.1, 0.15) is 18.2 Å². The SMILES string of the molecule is CC[C@@H](C(=O)OCc1ccccc1)C1CCCCC1NC(=O)[C@@H](C)NC(=O)OC(C)(C)C. The molecular weight excluding hydrogens is 408 g/mol. The van der Waals surface area contributed by atoms with Gasteiger partial charge in [0.25, 0.3) is 0 Å². The highest BCUT2D eigenvalue weighted by Crippen LogP contribution is 2.33. The summed E-state index contributed by atoms with van der Waals surface area (Å²) < 4.78 is 10.8. The Morgan fingerprint density at radius 3 is 2.38 bits per heavy atom. The molecule has 1 fully saturated rings. The van der Waals surface area contributed by atoms with Gasteiger partial charge < -0.3 is 20.1 Å². The van der Waals surface area contributed by atoms with Crippen LogP contribution < -0.4 is 10.6 Å². The van der Waals surface area contributed by atoms with Gasteiger partial charge in [-0.05, 0) is 58.4 Å². The zero-order valence-electron chi connectivity index (χ0n) is 20.0. The number of ether oxygens (including phenoxy) is 2.